The molecule has 3 atom stereocenters. The Morgan fingerprint density at radius 3 is 2.89 bits per heavy atom. The highest BCUT2D eigenvalue weighted by atomic mass is 14.9. The third-order valence-electron chi connectivity index (χ3n) is 4.29. The van der Waals surface area contributed by atoms with E-state index in [1.54, 1.807) is 0 Å². The summed E-state index contributed by atoms with van der Waals surface area (Å²) in [5.41, 5.74) is 1.37. The van der Waals surface area contributed by atoms with Gasteiger partial charge in [-0.05, 0) is 49.3 Å². The van der Waals surface area contributed by atoms with Crippen LogP contribution in [-0.4, -0.2) is 11.5 Å². The summed E-state index contributed by atoms with van der Waals surface area (Å²) in [6, 6.07) is 4.79. The predicted molar refractivity (Wildman–Crippen MR) is 76.4 cm³/mol. The fraction of sp³-hybridized carbons (Fsp3) is 0.688. The van der Waals surface area contributed by atoms with Crippen LogP contribution in [0, 0.1) is 11.8 Å². The average Bonchev–Trinajstić information content (AvgIpc) is 2.89. The van der Waals surface area contributed by atoms with Crippen molar-refractivity contribution in [1.82, 2.24) is 10.3 Å². The summed E-state index contributed by atoms with van der Waals surface area (Å²) < 4.78 is 0. The molecule has 0 amide bonds. The summed E-state index contributed by atoms with van der Waals surface area (Å²) in [5, 5.41) is 3.73. The van der Waals surface area contributed by atoms with Crippen LogP contribution in [0.25, 0.3) is 0 Å². The molecule has 2 rings (SSSR count). The van der Waals surface area contributed by atoms with Gasteiger partial charge in [0.2, 0.25) is 0 Å². The second-order valence-electron chi connectivity index (χ2n) is 5.57. The average molecular weight is 246 g/mol. The van der Waals surface area contributed by atoms with E-state index in [1.807, 2.05) is 12.4 Å². The lowest BCUT2D eigenvalue weighted by molar-refractivity contribution is 0.353. The molecule has 0 spiro atoms. The standard InChI is InChI=1S/C16H26N2/c1-3-9-18-16(15-6-5-10-17-12-15)14-8-7-13(4-2)11-14/h5-6,10,12-14,16,18H,3-4,7-9,11H2,1-2H3. The Morgan fingerprint density at radius 2 is 2.28 bits per heavy atom. The highest BCUT2D eigenvalue weighted by Crippen LogP contribution is 2.40. The lowest BCUT2D eigenvalue weighted by Gasteiger charge is -2.25. The number of nitrogens with zero attached hydrogens (tertiary/aromatic N) is 1. The first kappa shape index (κ1) is 13.5. The first-order valence-electron chi connectivity index (χ1n) is 7.48. The van der Waals surface area contributed by atoms with E-state index in [0.717, 1.165) is 18.4 Å². The molecule has 1 heterocycles. The molecule has 2 nitrogen and oxygen atoms in total. The summed E-state index contributed by atoms with van der Waals surface area (Å²) in [6.45, 7) is 5.66. The zero-order valence-corrected chi connectivity index (χ0v) is 11.7. The minimum absolute atomic E-state index is 0.509. The van der Waals surface area contributed by atoms with Crippen molar-refractivity contribution in [2.24, 2.45) is 11.8 Å². The van der Waals surface area contributed by atoms with E-state index in [4.69, 9.17) is 0 Å². The van der Waals surface area contributed by atoms with Crippen LogP contribution in [0.5, 0.6) is 0 Å². The highest BCUT2D eigenvalue weighted by Gasteiger charge is 2.30. The zero-order valence-electron chi connectivity index (χ0n) is 11.7. The Balaban J connectivity index is 2.06. The van der Waals surface area contributed by atoms with E-state index in [-0.39, 0.29) is 0 Å². The molecule has 1 N–H and O–H groups in total. The van der Waals surface area contributed by atoms with Gasteiger partial charge in [-0.25, -0.2) is 0 Å². The molecule has 1 aliphatic rings. The van der Waals surface area contributed by atoms with Crippen LogP contribution in [0.3, 0.4) is 0 Å². The third-order valence-corrected chi connectivity index (χ3v) is 4.29. The summed E-state index contributed by atoms with van der Waals surface area (Å²) >= 11 is 0. The second-order valence-corrected chi connectivity index (χ2v) is 5.57. The molecule has 0 aliphatic heterocycles. The van der Waals surface area contributed by atoms with Crippen molar-refractivity contribution in [1.29, 1.82) is 0 Å². The molecule has 18 heavy (non-hydrogen) atoms. The van der Waals surface area contributed by atoms with Gasteiger partial charge in [0.25, 0.3) is 0 Å². The van der Waals surface area contributed by atoms with Crippen molar-refractivity contribution in [3.05, 3.63) is 30.1 Å². The fourth-order valence-corrected chi connectivity index (χ4v) is 3.20. The van der Waals surface area contributed by atoms with E-state index in [1.165, 1.54) is 37.7 Å². The number of aromatic nitrogens is 1. The van der Waals surface area contributed by atoms with Gasteiger partial charge >= 0.3 is 0 Å². The van der Waals surface area contributed by atoms with Gasteiger partial charge in [-0.3, -0.25) is 4.98 Å². The molecule has 3 unspecified atom stereocenters. The molecule has 0 bridgehead atoms. The number of hydrogen-bond donors (Lipinski definition) is 1. The Labute approximate surface area is 111 Å². The van der Waals surface area contributed by atoms with Crippen molar-refractivity contribution < 1.29 is 0 Å². The molecule has 1 aliphatic carbocycles. The Bertz CT molecular complexity index is 336. The van der Waals surface area contributed by atoms with Crippen LogP contribution in [0.4, 0.5) is 0 Å². The fourth-order valence-electron chi connectivity index (χ4n) is 3.20. The maximum absolute atomic E-state index is 4.28. The molecule has 0 saturated heterocycles. The lowest BCUT2D eigenvalue weighted by Crippen LogP contribution is -2.28. The van der Waals surface area contributed by atoms with Gasteiger partial charge < -0.3 is 5.32 Å². The minimum Gasteiger partial charge on any atom is -0.310 e. The minimum atomic E-state index is 0.509. The van der Waals surface area contributed by atoms with Gasteiger partial charge in [0, 0.05) is 18.4 Å². The van der Waals surface area contributed by atoms with Gasteiger partial charge in [-0.1, -0.05) is 32.8 Å². The Kier molecular flexibility index (Phi) is 5.18. The molecule has 1 aromatic rings. The van der Waals surface area contributed by atoms with E-state index in [9.17, 15) is 0 Å². The maximum atomic E-state index is 4.28. The van der Waals surface area contributed by atoms with Crippen LogP contribution < -0.4 is 5.32 Å². The van der Waals surface area contributed by atoms with Crippen molar-refractivity contribution >= 4 is 0 Å². The van der Waals surface area contributed by atoms with Gasteiger partial charge in [0.05, 0.1) is 0 Å². The van der Waals surface area contributed by atoms with Gasteiger partial charge in [0.15, 0.2) is 0 Å². The van der Waals surface area contributed by atoms with E-state index in [0.29, 0.717) is 6.04 Å². The normalized spacial score (nSPS) is 25.2. The first-order chi connectivity index (χ1) is 8.85. The number of rotatable bonds is 6. The topological polar surface area (TPSA) is 24.9 Å². The second kappa shape index (κ2) is 6.89. The van der Waals surface area contributed by atoms with Crippen molar-refractivity contribution in [3.8, 4) is 0 Å². The van der Waals surface area contributed by atoms with E-state index < -0.39 is 0 Å². The zero-order chi connectivity index (χ0) is 12.8. The largest absolute Gasteiger partial charge is 0.310 e. The SMILES string of the molecule is CCCNC(c1cccnc1)C1CCC(CC)C1. The summed E-state index contributed by atoms with van der Waals surface area (Å²) in [7, 11) is 0. The first-order valence-corrected chi connectivity index (χ1v) is 7.48. The molecule has 1 aromatic heterocycles. The van der Waals surface area contributed by atoms with Crippen LogP contribution in [0.2, 0.25) is 0 Å². The molecular weight excluding hydrogens is 220 g/mol. The maximum Gasteiger partial charge on any atom is 0.0364 e. The van der Waals surface area contributed by atoms with Crippen LogP contribution in [0.15, 0.2) is 24.5 Å². The number of pyridine rings is 1. The van der Waals surface area contributed by atoms with Crippen LogP contribution in [-0.2, 0) is 0 Å². The molecule has 1 fully saturated rings. The predicted octanol–water partition coefficient (Wildman–Crippen LogP) is 3.95. The van der Waals surface area contributed by atoms with Crippen molar-refractivity contribution in [2.75, 3.05) is 6.54 Å². The Morgan fingerprint density at radius 1 is 1.39 bits per heavy atom. The van der Waals surface area contributed by atoms with Crippen LogP contribution >= 0.6 is 0 Å². The van der Waals surface area contributed by atoms with E-state index >= 15 is 0 Å². The Hall–Kier alpha value is -0.890. The molecule has 2 heteroatoms. The summed E-state index contributed by atoms with van der Waals surface area (Å²) in [6.07, 6.45) is 10.6. The highest BCUT2D eigenvalue weighted by molar-refractivity contribution is 5.15. The van der Waals surface area contributed by atoms with Gasteiger partial charge in [-0.15, -0.1) is 0 Å². The lowest BCUT2D eigenvalue weighted by atomic mass is 9.91. The molecular formula is C16H26N2. The summed E-state index contributed by atoms with van der Waals surface area (Å²) in [5.74, 6) is 1.74. The molecule has 0 aromatic carbocycles. The number of nitrogens with one attached hydrogen (secondary N) is 1. The van der Waals surface area contributed by atoms with Crippen molar-refractivity contribution in [3.63, 3.8) is 0 Å². The number of hydrogen-bond acceptors (Lipinski definition) is 2. The molecule has 0 radical (unpaired) electrons. The quantitative estimate of drug-likeness (QED) is 0.822. The summed E-state index contributed by atoms with van der Waals surface area (Å²) in [4.78, 5) is 4.28. The van der Waals surface area contributed by atoms with E-state index in [2.05, 4.69) is 36.3 Å². The van der Waals surface area contributed by atoms with Crippen LogP contribution in [0.1, 0.15) is 57.6 Å². The smallest absolute Gasteiger partial charge is 0.0364 e. The molecule has 1 saturated carbocycles. The molecule has 100 valence electrons. The van der Waals surface area contributed by atoms with Gasteiger partial charge in [0.1, 0.15) is 0 Å². The monoisotopic (exact) mass is 246 g/mol. The third kappa shape index (κ3) is 3.32. The van der Waals surface area contributed by atoms with Crippen molar-refractivity contribution in [2.45, 2.75) is 52.0 Å². The van der Waals surface area contributed by atoms with Gasteiger partial charge in [-0.2, -0.15) is 0 Å².